The number of rotatable bonds is 8. The summed E-state index contributed by atoms with van der Waals surface area (Å²) in [7, 11) is 1.47. The van der Waals surface area contributed by atoms with E-state index >= 15 is 0 Å². The quantitative estimate of drug-likeness (QED) is 0.678. The van der Waals surface area contributed by atoms with Crippen LogP contribution in [0, 0.1) is 0 Å². The summed E-state index contributed by atoms with van der Waals surface area (Å²) in [4.78, 5) is 14.3. The molecule has 0 radical (unpaired) electrons. The fourth-order valence-electron chi connectivity index (χ4n) is 2.44. The van der Waals surface area contributed by atoms with Gasteiger partial charge in [0.25, 0.3) is 0 Å². The molecule has 1 heterocycles. The standard InChI is InChI=1S/C15H23NO3/c1-3-4-7-14(15(17)18-2)16(12-8-9-12)11-13-6-5-10-19-13/h5-6,10,12,14H,3-4,7-9,11H2,1-2H3. The molecule has 106 valence electrons. The van der Waals surface area contributed by atoms with Crippen LogP contribution in [0.4, 0.5) is 0 Å². The minimum absolute atomic E-state index is 0.119. The van der Waals surface area contributed by atoms with Crippen molar-refractivity contribution in [3.8, 4) is 0 Å². The molecule has 0 spiro atoms. The zero-order valence-corrected chi connectivity index (χ0v) is 11.8. The number of unbranched alkanes of at least 4 members (excludes halogenated alkanes) is 1. The molecular formula is C15H23NO3. The molecule has 1 aliphatic rings. The molecule has 1 aromatic rings. The van der Waals surface area contributed by atoms with Gasteiger partial charge in [-0.3, -0.25) is 9.69 Å². The van der Waals surface area contributed by atoms with Crippen molar-refractivity contribution >= 4 is 5.97 Å². The van der Waals surface area contributed by atoms with Gasteiger partial charge in [0.05, 0.1) is 19.9 Å². The van der Waals surface area contributed by atoms with Crippen LogP contribution in [0.15, 0.2) is 22.8 Å². The van der Waals surface area contributed by atoms with Crippen molar-refractivity contribution in [3.05, 3.63) is 24.2 Å². The van der Waals surface area contributed by atoms with Crippen LogP contribution >= 0.6 is 0 Å². The van der Waals surface area contributed by atoms with Crippen LogP contribution in [0.2, 0.25) is 0 Å². The maximum Gasteiger partial charge on any atom is 0.323 e. The highest BCUT2D eigenvalue weighted by Gasteiger charge is 2.37. The number of carbonyl (C=O) groups is 1. The topological polar surface area (TPSA) is 42.7 Å². The third-order valence-electron chi connectivity index (χ3n) is 3.64. The summed E-state index contributed by atoms with van der Waals surface area (Å²) < 4.78 is 10.4. The third-order valence-corrected chi connectivity index (χ3v) is 3.64. The molecule has 1 atom stereocenters. The molecule has 4 heteroatoms. The highest BCUT2D eigenvalue weighted by Crippen LogP contribution is 2.32. The van der Waals surface area contributed by atoms with Crippen LogP contribution in [-0.4, -0.2) is 30.1 Å². The fraction of sp³-hybridized carbons (Fsp3) is 0.667. The Morgan fingerprint density at radius 2 is 2.37 bits per heavy atom. The molecule has 1 aromatic heterocycles. The van der Waals surface area contributed by atoms with Crippen molar-refractivity contribution in [1.29, 1.82) is 0 Å². The fourth-order valence-corrected chi connectivity index (χ4v) is 2.44. The van der Waals surface area contributed by atoms with Gasteiger partial charge in [0, 0.05) is 6.04 Å². The SMILES string of the molecule is CCCCC(C(=O)OC)N(Cc1ccco1)C1CC1. The Labute approximate surface area is 114 Å². The first kappa shape index (κ1) is 14.1. The Balaban J connectivity index is 2.06. The molecule has 0 aromatic carbocycles. The Morgan fingerprint density at radius 1 is 1.58 bits per heavy atom. The number of esters is 1. The van der Waals surface area contributed by atoms with Crippen LogP contribution in [0.25, 0.3) is 0 Å². The van der Waals surface area contributed by atoms with Crippen LogP contribution < -0.4 is 0 Å². The highest BCUT2D eigenvalue weighted by atomic mass is 16.5. The Hall–Kier alpha value is -1.29. The van der Waals surface area contributed by atoms with Gasteiger partial charge in [-0.25, -0.2) is 0 Å². The van der Waals surface area contributed by atoms with Crippen LogP contribution in [0.1, 0.15) is 44.8 Å². The lowest BCUT2D eigenvalue weighted by molar-refractivity contribution is -0.148. The van der Waals surface area contributed by atoms with E-state index in [1.807, 2.05) is 12.1 Å². The molecule has 4 nitrogen and oxygen atoms in total. The average Bonchev–Trinajstić information content (AvgIpc) is 3.14. The number of nitrogens with zero attached hydrogens (tertiary/aromatic N) is 1. The van der Waals surface area contributed by atoms with Crippen molar-refractivity contribution < 1.29 is 13.9 Å². The van der Waals surface area contributed by atoms with Gasteiger partial charge in [-0.15, -0.1) is 0 Å². The number of carbonyl (C=O) groups excluding carboxylic acids is 1. The van der Waals surface area contributed by atoms with Gasteiger partial charge < -0.3 is 9.15 Å². The average molecular weight is 265 g/mol. The molecule has 2 rings (SSSR count). The Bertz CT molecular complexity index is 384. The van der Waals surface area contributed by atoms with Gasteiger partial charge in [0.1, 0.15) is 11.8 Å². The van der Waals surface area contributed by atoms with Gasteiger partial charge >= 0.3 is 5.97 Å². The molecule has 19 heavy (non-hydrogen) atoms. The van der Waals surface area contributed by atoms with E-state index in [9.17, 15) is 4.79 Å². The van der Waals surface area contributed by atoms with Crippen molar-refractivity contribution in [2.75, 3.05) is 7.11 Å². The van der Waals surface area contributed by atoms with E-state index in [0.717, 1.165) is 25.0 Å². The van der Waals surface area contributed by atoms with E-state index in [1.54, 1.807) is 6.26 Å². The van der Waals surface area contributed by atoms with Crippen LogP contribution in [0.5, 0.6) is 0 Å². The highest BCUT2D eigenvalue weighted by molar-refractivity contribution is 5.75. The predicted molar refractivity (Wildman–Crippen MR) is 72.6 cm³/mol. The lowest BCUT2D eigenvalue weighted by Crippen LogP contribution is -2.42. The summed E-state index contributed by atoms with van der Waals surface area (Å²) in [6.07, 6.45) is 7.01. The minimum atomic E-state index is -0.137. The summed E-state index contributed by atoms with van der Waals surface area (Å²) in [6.45, 7) is 2.84. The van der Waals surface area contributed by atoms with E-state index in [-0.39, 0.29) is 12.0 Å². The van der Waals surface area contributed by atoms with Gasteiger partial charge in [0.2, 0.25) is 0 Å². The Kier molecular flexibility index (Phi) is 5.02. The molecule has 1 fully saturated rings. The van der Waals surface area contributed by atoms with Crippen molar-refractivity contribution in [2.24, 2.45) is 0 Å². The summed E-state index contributed by atoms with van der Waals surface area (Å²) in [6, 6.07) is 4.22. The summed E-state index contributed by atoms with van der Waals surface area (Å²) >= 11 is 0. The molecule has 0 aliphatic heterocycles. The van der Waals surface area contributed by atoms with Gasteiger partial charge in [-0.05, 0) is 31.4 Å². The lowest BCUT2D eigenvalue weighted by atomic mass is 10.1. The first-order chi connectivity index (χ1) is 9.26. The molecule has 0 bridgehead atoms. The minimum Gasteiger partial charge on any atom is -0.468 e. The van der Waals surface area contributed by atoms with Gasteiger partial charge in [0.15, 0.2) is 0 Å². The maximum absolute atomic E-state index is 12.0. The summed E-state index contributed by atoms with van der Waals surface area (Å²) in [5, 5.41) is 0. The molecule has 0 saturated heterocycles. The number of hydrogen-bond acceptors (Lipinski definition) is 4. The van der Waals surface area contributed by atoms with E-state index in [4.69, 9.17) is 9.15 Å². The summed E-state index contributed by atoms with van der Waals surface area (Å²) in [5.74, 6) is 0.796. The number of methoxy groups -OCH3 is 1. The van der Waals surface area contributed by atoms with E-state index in [1.165, 1.54) is 20.0 Å². The lowest BCUT2D eigenvalue weighted by Gasteiger charge is -2.29. The number of ether oxygens (including phenoxy) is 1. The van der Waals surface area contributed by atoms with E-state index < -0.39 is 0 Å². The zero-order valence-electron chi connectivity index (χ0n) is 11.8. The Morgan fingerprint density at radius 3 is 2.89 bits per heavy atom. The second-order valence-corrected chi connectivity index (χ2v) is 5.16. The predicted octanol–water partition coefficient (Wildman–Crippen LogP) is 2.98. The first-order valence-corrected chi connectivity index (χ1v) is 7.12. The van der Waals surface area contributed by atoms with Crippen LogP contribution in [0.3, 0.4) is 0 Å². The smallest absolute Gasteiger partial charge is 0.323 e. The van der Waals surface area contributed by atoms with Crippen molar-refractivity contribution in [3.63, 3.8) is 0 Å². The molecule has 1 aliphatic carbocycles. The van der Waals surface area contributed by atoms with E-state index in [0.29, 0.717) is 12.6 Å². The van der Waals surface area contributed by atoms with Gasteiger partial charge in [-0.1, -0.05) is 19.8 Å². The molecule has 0 amide bonds. The second kappa shape index (κ2) is 6.75. The zero-order chi connectivity index (χ0) is 13.7. The maximum atomic E-state index is 12.0. The number of hydrogen-bond donors (Lipinski definition) is 0. The summed E-state index contributed by atoms with van der Waals surface area (Å²) in [5.41, 5.74) is 0. The van der Waals surface area contributed by atoms with Gasteiger partial charge in [-0.2, -0.15) is 0 Å². The van der Waals surface area contributed by atoms with Crippen molar-refractivity contribution in [2.45, 2.75) is 57.7 Å². The van der Waals surface area contributed by atoms with Crippen molar-refractivity contribution in [1.82, 2.24) is 4.90 Å². The normalized spacial score (nSPS) is 16.6. The second-order valence-electron chi connectivity index (χ2n) is 5.16. The third kappa shape index (κ3) is 3.83. The van der Waals surface area contributed by atoms with Crippen LogP contribution in [-0.2, 0) is 16.1 Å². The van der Waals surface area contributed by atoms with E-state index in [2.05, 4.69) is 11.8 Å². The monoisotopic (exact) mass is 265 g/mol. The molecule has 0 N–H and O–H groups in total. The first-order valence-electron chi connectivity index (χ1n) is 7.12. The number of furan rings is 1. The molecular weight excluding hydrogens is 242 g/mol. The molecule has 1 unspecified atom stereocenters. The molecule has 1 saturated carbocycles. The largest absolute Gasteiger partial charge is 0.468 e.